The SMILES string of the molecule is CCn1nc(C2CC2)cc1Nc1nc(COCCCOCCOCCOCCCNc2cccc3c2CN(C2CCC(=O)CC2=O)C3=O)nc2[nH]c3cc(-c4c(C)noc4C)c(C)cc3c12. The molecule has 3 aliphatic rings. The van der Waals surface area contributed by atoms with Gasteiger partial charge in [-0.3, -0.25) is 14.4 Å². The van der Waals surface area contributed by atoms with Crippen molar-refractivity contribution in [2.24, 2.45) is 0 Å². The molecule has 1 amide bonds. The Balaban J connectivity index is 0.690. The molecule has 2 saturated carbocycles. The quantitative estimate of drug-likeness (QED) is 0.0419. The zero-order valence-corrected chi connectivity index (χ0v) is 38.3. The zero-order chi connectivity index (χ0) is 45.7. The number of hydrogen-bond donors (Lipinski definition) is 3. The van der Waals surface area contributed by atoms with Crippen LogP contribution in [0.15, 0.2) is 40.9 Å². The van der Waals surface area contributed by atoms with Crippen molar-refractivity contribution in [2.75, 3.05) is 63.4 Å². The molecule has 66 heavy (non-hydrogen) atoms. The van der Waals surface area contributed by atoms with E-state index < -0.39 is 6.04 Å². The van der Waals surface area contributed by atoms with Gasteiger partial charge in [-0.1, -0.05) is 11.2 Å². The molecule has 2 aliphatic carbocycles. The molecule has 4 aromatic heterocycles. The van der Waals surface area contributed by atoms with Gasteiger partial charge in [0, 0.05) is 91.1 Å². The summed E-state index contributed by atoms with van der Waals surface area (Å²) in [6.07, 6.45) is 4.49. The van der Waals surface area contributed by atoms with Crippen molar-refractivity contribution in [3.05, 3.63) is 76.1 Å². The Labute approximate surface area is 383 Å². The van der Waals surface area contributed by atoms with E-state index in [2.05, 4.69) is 52.8 Å². The number of carbonyl (C=O) groups excluding carboxylic acids is 3. The molecule has 0 bridgehead atoms. The molecule has 0 saturated heterocycles. The van der Waals surface area contributed by atoms with E-state index >= 15 is 0 Å². The number of nitrogens with one attached hydrogen (secondary N) is 3. The number of hydrogen-bond acceptors (Lipinski definition) is 14. The van der Waals surface area contributed by atoms with Crippen LogP contribution in [0.5, 0.6) is 0 Å². The predicted octanol–water partition coefficient (Wildman–Crippen LogP) is 7.63. The van der Waals surface area contributed by atoms with Crippen LogP contribution in [0.2, 0.25) is 0 Å². The van der Waals surface area contributed by atoms with E-state index in [0.717, 1.165) is 85.8 Å². The summed E-state index contributed by atoms with van der Waals surface area (Å²) in [6.45, 7) is 13.6. The topological polar surface area (TPSA) is 201 Å². The number of rotatable bonds is 23. The maximum absolute atomic E-state index is 13.1. The number of aromatic nitrogens is 6. The third-order valence-electron chi connectivity index (χ3n) is 12.6. The first-order valence-electron chi connectivity index (χ1n) is 23.3. The summed E-state index contributed by atoms with van der Waals surface area (Å²) in [7, 11) is 0. The highest BCUT2D eigenvalue weighted by Gasteiger charge is 2.39. The first-order valence-corrected chi connectivity index (χ1v) is 23.3. The minimum absolute atomic E-state index is 0.0489. The predicted molar refractivity (Wildman–Crippen MR) is 248 cm³/mol. The molecule has 1 atom stereocenters. The second-order valence-corrected chi connectivity index (χ2v) is 17.4. The minimum Gasteiger partial charge on any atom is -0.385 e. The normalized spacial score (nSPS) is 16.3. The molecule has 0 spiro atoms. The van der Waals surface area contributed by atoms with Crippen LogP contribution in [-0.2, 0) is 48.2 Å². The van der Waals surface area contributed by atoms with E-state index in [-0.39, 0.29) is 30.5 Å². The number of Topliss-reactive ketones (excluding diaryl/α,β-unsaturated/α-hetero) is 2. The number of carbonyl (C=O) groups is 3. The maximum Gasteiger partial charge on any atom is 0.255 e. The first kappa shape index (κ1) is 45.2. The molecule has 0 radical (unpaired) electrons. The summed E-state index contributed by atoms with van der Waals surface area (Å²) in [4.78, 5) is 52.5. The molecule has 17 nitrogen and oxygen atoms in total. The fraction of sp³-hybridized carbons (Fsp3) is 0.490. The van der Waals surface area contributed by atoms with Gasteiger partial charge in [0.25, 0.3) is 5.91 Å². The Hall–Kier alpha value is -6.01. The van der Waals surface area contributed by atoms with Crippen LogP contribution in [0.25, 0.3) is 33.1 Å². The van der Waals surface area contributed by atoms with E-state index in [9.17, 15) is 14.4 Å². The molecule has 5 heterocycles. The van der Waals surface area contributed by atoms with Gasteiger partial charge in [0.1, 0.15) is 35.4 Å². The second kappa shape index (κ2) is 20.2. The van der Waals surface area contributed by atoms with Gasteiger partial charge in [-0.15, -0.1) is 0 Å². The third kappa shape index (κ3) is 9.89. The van der Waals surface area contributed by atoms with Crippen molar-refractivity contribution in [3.8, 4) is 11.1 Å². The molecular weight excluding hydrogens is 843 g/mol. The number of nitrogens with zero attached hydrogens (tertiary/aromatic N) is 6. The number of anilines is 3. The fourth-order valence-corrected chi connectivity index (χ4v) is 9.09. The highest BCUT2D eigenvalue weighted by Crippen LogP contribution is 2.42. The molecule has 2 fully saturated rings. The van der Waals surface area contributed by atoms with Crippen LogP contribution in [0.4, 0.5) is 17.3 Å². The van der Waals surface area contributed by atoms with Crippen LogP contribution in [-0.4, -0.2) is 111 Å². The lowest BCUT2D eigenvalue weighted by atomic mass is 9.92. The average molecular weight is 902 g/mol. The number of amides is 1. The van der Waals surface area contributed by atoms with Crippen molar-refractivity contribution < 1.29 is 37.9 Å². The third-order valence-corrected chi connectivity index (χ3v) is 12.6. The highest BCUT2D eigenvalue weighted by molar-refractivity contribution is 6.13. The highest BCUT2D eigenvalue weighted by atomic mass is 16.5. The van der Waals surface area contributed by atoms with E-state index in [4.69, 9.17) is 38.5 Å². The van der Waals surface area contributed by atoms with Gasteiger partial charge >= 0.3 is 0 Å². The van der Waals surface area contributed by atoms with Crippen molar-refractivity contribution in [2.45, 2.75) is 104 Å². The zero-order valence-electron chi connectivity index (χ0n) is 38.3. The second-order valence-electron chi connectivity index (χ2n) is 17.4. The smallest absolute Gasteiger partial charge is 0.255 e. The van der Waals surface area contributed by atoms with E-state index in [1.807, 2.05) is 30.7 Å². The van der Waals surface area contributed by atoms with Crippen molar-refractivity contribution in [1.82, 2.24) is 34.8 Å². The lowest BCUT2D eigenvalue weighted by Crippen LogP contribution is -2.44. The number of ketones is 2. The summed E-state index contributed by atoms with van der Waals surface area (Å²) < 4.78 is 30.8. The Morgan fingerprint density at radius 3 is 2.39 bits per heavy atom. The first-order chi connectivity index (χ1) is 32.2. The van der Waals surface area contributed by atoms with Gasteiger partial charge in [-0.05, 0) is 95.2 Å². The summed E-state index contributed by atoms with van der Waals surface area (Å²) in [5, 5.41) is 18.1. The Kier molecular flexibility index (Phi) is 13.9. The van der Waals surface area contributed by atoms with Gasteiger partial charge in [-0.2, -0.15) is 5.10 Å². The Bertz CT molecular complexity index is 2720. The van der Waals surface area contributed by atoms with Crippen LogP contribution < -0.4 is 10.6 Å². The van der Waals surface area contributed by atoms with Crippen LogP contribution >= 0.6 is 0 Å². The molecule has 17 heteroatoms. The van der Waals surface area contributed by atoms with Gasteiger partial charge in [-0.25, -0.2) is 14.6 Å². The number of aryl methyl sites for hydroxylation is 4. The standard InChI is InChI=1S/C49H59N9O8/c1-5-58-44(26-39(55-58)32-11-12-32)54-48-46-36-23-29(2)35(45-30(3)56-66-31(45)4)25-40(36)51-47(46)52-43(53-48)28-65-18-8-17-63-20-22-64-21-19-62-16-7-15-50-38-10-6-9-34-37(38)27-57(49(34)61)41-14-13-33(59)24-42(41)60/h6,9-10,23,25-26,32,41,50H,5,7-8,11-22,24,27-28H2,1-4H3,(H2,51,52,53,54). The molecule has 6 aromatic rings. The van der Waals surface area contributed by atoms with Crippen molar-refractivity contribution >= 4 is 56.7 Å². The van der Waals surface area contributed by atoms with Crippen LogP contribution in [0.1, 0.15) is 102 Å². The summed E-state index contributed by atoms with van der Waals surface area (Å²) in [5.41, 5.74) is 9.20. The number of ether oxygens (including phenoxy) is 4. The molecule has 1 aliphatic heterocycles. The van der Waals surface area contributed by atoms with Crippen molar-refractivity contribution in [3.63, 3.8) is 0 Å². The lowest BCUT2D eigenvalue weighted by molar-refractivity contribution is -0.133. The minimum atomic E-state index is -0.525. The summed E-state index contributed by atoms with van der Waals surface area (Å²) in [5.74, 6) is 3.12. The average Bonchev–Trinajstić information content (AvgIpc) is 3.69. The number of benzene rings is 2. The van der Waals surface area contributed by atoms with Crippen LogP contribution in [0, 0.1) is 20.8 Å². The van der Waals surface area contributed by atoms with E-state index in [1.54, 1.807) is 11.0 Å². The Morgan fingerprint density at radius 2 is 1.65 bits per heavy atom. The molecule has 348 valence electrons. The maximum atomic E-state index is 13.1. The van der Waals surface area contributed by atoms with Crippen molar-refractivity contribution in [1.29, 1.82) is 0 Å². The fourth-order valence-electron chi connectivity index (χ4n) is 9.09. The van der Waals surface area contributed by atoms with Crippen LogP contribution in [0.3, 0.4) is 0 Å². The molecule has 3 N–H and O–H groups in total. The molecular formula is C49H59N9O8. The van der Waals surface area contributed by atoms with E-state index in [0.29, 0.717) is 102 Å². The number of fused-ring (bicyclic) bond motifs is 4. The largest absolute Gasteiger partial charge is 0.385 e. The van der Waals surface area contributed by atoms with Gasteiger partial charge in [0.05, 0.1) is 55.7 Å². The Morgan fingerprint density at radius 1 is 0.879 bits per heavy atom. The molecule has 2 aromatic carbocycles. The van der Waals surface area contributed by atoms with Gasteiger partial charge < -0.3 is 44.0 Å². The monoisotopic (exact) mass is 901 g/mol. The summed E-state index contributed by atoms with van der Waals surface area (Å²) >= 11 is 0. The number of aromatic amines is 1. The van der Waals surface area contributed by atoms with Gasteiger partial charge in [0.15, 0.2) is 11.6 Å². The van der Waals surface area contributed by atoms with Gasteiger partial charge in [0.2, 0.25) is 0 Å². The van der Waals surface area contributed by atoms with E-state index in [1.165, 1.54) is 12.8 Å². The molecule has 1 unspecified atom stereocenters. The number of H-pyrrole nitrogens is 1. The molecule has 9 rings (SSSR count). The summed E-state index contributed by atoms with van der Waals surface area (Å²) in [6, 6.07) is 11.6. The lowest BCUT2D eigenvalue weighted by Gasteiger charge is -2.29.